The van der Waals surface area contributed by atoms with Gasteiger partial charge in [0.15, 0.2) is 0 Å². The smallest absolute Gasteiger partial charge is 0.237 e. The molecule has 1 amide bonds. The van der Waals surface area contributed by atoms with Gasteiger partial charge in [-0.3, -0.25) is 4.79 Å². The highest BCUT2D eigenvalue weighted by Crippen LogP contribution is 2.33. The highest BCUT2D eigenvalue weighted by atomic mass is 35.5. The Morgan fingerprint density at radius 3 is 2.70 bits per heavy atom. The number of carbonyl (C=O) groups is 1. The van der Waals surface area contributed by atoms with E-state index in [1.807, 2.05) is 0 Å². The zero-order valence-corrected chi connectivity index (χ0v) is 16.0. The fraction of sp³-hybridized carbons (Fsp3) is 0.938. The second-order valence-corrected chi connectivity index (χ2v) is 6.55. The lowest BCUT2D eigenvalue weighted by Crippen LogP contribution is -2.45. The summed E-state index contributed by atoms with van der Waals surface area (Å²) in [6, 6.07) is 0.628. The highest BCUT2D eigenvalue weighted by molar-refractivity contribution is 5.85. The molecule has 23 heavy (non-hydrogen) atoms. The molecule has 0 radical (unpaired) electrons. The van der Waals surface area contributed by atoms with Gasteiger partial charge in [-0.05, 0) is 38.6 Å². The van der Waals surface area contributed by atoms with Crippen LogP contribution < -0.4 is 10.6 Å². The summed E-state index contributed by atoms with van der Waals surface area (Å²) in [5.41, 5.74) is 0. The van der Waals surface area contributed by atoms with Crippen LogP contribution in [0.4, 0.5) is 0 Å². The first-order valence-electron chi connectivity index (χ1n) is 8.42. The molecule has 0 aromatic carbocycles. The monoisotopic (exact) mass is 369 g/mol. The second-order valence-electron chi connectivity index (χ2n) is 6.55. The third-order valence-electron chi connectivity index (χ3n) is 4.86. The van der Waals surface area contributed by atoms with Crippen molar-refractivity contribution in [3.05, 3.63) is 0 Å². The molecule has 7 heteroatoms. The molecule has 1 heterocycles. The molecule has 2 fully saturated rings. The van der Waals surface area contributed by atoms with Crippen molar-refractivity contribution in [2.45, 2.75) is 50.6 Å². The van der Waals surface area contributed by atoms with E-state index in [0.717, 1.165) is 45.0 Å². The Bertz CT molecular complexity index is 320. The van der Waals surface area contributed by atoms with E-state index < -0.39 is 0 Å². The molecule has 3 unspecified atom stereocenters. The van der Waals surface area contributed by atoms with Crippen LogP contribution in [0.2, 0.25) is 0 Å². The predicted octanol–water partition coefficient (Wildman–Crippen LogP) is 1.84. The SMILES string of the molecule is COCCCN(C)CCNC(=O)C1CC2CCCCC2N1.Cl.Cl. The minimum Gasteiger partial charge on any atom is -0.385 e. The normalized spacial score (nSPS) is 26.1. The summed E-state index contributed by atoms with van der Waals surface area (Å²) >= 11 is 0. The van der Waals surface area contributed by atoms with Gasteiger partial charge in [-0.1, -0.05) is 12.8 Å². The number of carbonyl (C=O) groups excluding carboxylic acids is 1. The number of fused-ring (bicyclic) bond motifs is 1. The Hall–Kier alpha value is -0.0700. The Labute approximate surface area is 153 Å². The van der Waals surface area contributed by atoms with Gasteiger partial charge < -0.3 is 20.3 Å². The van der Waals surface area contributed by atoms with E-state index in [2.05, 4.69) is 22.6 Å². The third-order valence-corrected chi connectivity index (χ3v) is 4.86. The van der Waals surface area contributed by atoms with Crippen molar-refractivity contribution in [3.8, 4) is 0 Å². The second kappa shape index (κ2) is 12.3. The Balaban J connectivity index is 0.00000242. The fourth-order valence-corrected chi connectivity index (χ4v) is 3.60. The van der Waals surface area contributed by atoms with Crippen LogP contribution in [0.5, 0.6) is 0 Å². The number of ether oxygens (including phenoxy) is 1. The third kappa shape index (κ3) is 7.57. The molecular formula is C16H33Cl2N3O2. The van der Waals surface area contributed by atoms with Crippen LogP contribution in [0.3, 0.4) is 0 Å². The van der Waals surface area contributed by atoms with Crippen molar-refractivity contribution in [3.63, 3.8) is 0 Å². The number of hydrogen-bond acceptors (Lipinski definition) is 4. The van der Waals surface area contributed by atoms with E-state index in [0.29, 0.717) is 6.04 Å². The van der Waals surface area contributed by atoms with Crippen molar-refractivity contribution in [2.75, 3.05) is 40.4 Å². The fourth-order valence-electron chi connectivity index (χ4n) is 3.60. The van der Waals surface area contributed by atoms with Gasteiger partial charge in [-0.25, -0.2) is 0 Å². The molecule has 2 N–H and O–H groups in total. The van der Waals surface area contributed by atoms with Gasteiger partial charge in [0.2, 0.25) is 5.91 Å². The summed E-state index contributed by atoms with van der Waals surface area (Å²) in [4.78, 5) is 14.5. The first-order chi connectivity index (χ1) is 10.2. The van der Waals surface area contributed by atoms with Crippen molar-refractivity contribution in [2.24, 2.45) is 5.92 Å². The number of hydrogen-bond donors (Lipinski definition) is 2. The van der Waals surface area contributed by atoms with E-state index in [9.17, 15) is 4.79 Å². The zero-order valence-electron chi connectivity index (χ0n) is 14.4. The Morgan fingerprint density at radius 1 is 1.26 bits per heavy atom. The Kier molecular flexibility index (Phi) is 12.3. The summed E-state index contributed by atoms with van der Waals surface area (Å²) in [6.07, 6.45) is 7.26. The van der Waals surface area contributed by atoms with Gasteiger partial charge in [0.25, 0.3) is 0 Å². The predicted molar refractivity (Wildman–Crippen MR) is 98.8 cm³/mol. The van der Waals surface area contributed by atoms with Crippen LogP contribution in [0.15, 0.2) is 0 Å². The first-order valence-corrected chi connectivity index (χ1v) is 8.42. The lowest BCUT2D eigenvalue weighted by molar-refractivity contribution is -0.122. The van der Waals surface area contributed by atoms with Gasteiger partial charge in [-0.2, -0.15) is 0 Å². The number of nitrogens with zero attached hydrogens (tertiary/aromatic N) is 1. The number of rotatable bonds is 8. The van der Waals surface area contributed by atoms with Crippen LogP contribution in [0, 0.1) is 5.92 Å². The molecule has 138 valence electrons. The van der Waals surface area contributed by atoms with Crippen LogP contribution in [-0.2, 0) is 9.53 Å². The van der Waals surface area contributed by atoms with Crippen molar-refractivity contribution >= 4 is 30.7 Å². The summed E-state index contributed by atoms with van der Waals surface area (Å²) < 4.78 is 5.04. The quantitative estimate of drug-likeness (QED) is 0.641. The molecule has 0 aromatic rings. The summed E-state index contributed by atoms with van der Waals surface area (Å²) in [5.74, 6) is 0.918. The van der Waals surface area contributed by atoms with Crippen LogP contribution >= 0.6 is 24.8 Å². The molecule has 2 rings (SSSR count). The summed E-state index contributed by atoms with van der Waals surface area (Å²) in [5, 5.41) is 6.61. The number of amides is 1. The molecule has 1 saturated carbocycles. The molecule has 0 spiro atoms. The van der Waals surface area contributed by atoms with E-state index in [4.69, 9.17) is 4.74 Å². The lowest BCUT2D eigenvalue weighted by atomic mass is 9.85. The molecule has 1 aliphatic heterocycles. The molecule has 0 aromatic heterocycles. The van der Waals surface area contributed by atoms with E-state index in [1.54, 1.807) is 7.11 Å². The molecule has 1 saturated heterocycles. The average molecular weight is 370 g/mol. The molecule has 2 aliphatic rings. The molecule has 1 aliphatic carbocycles. The minimum absolute atomic E-state index is 0. The van der Waals surface area contributed by atoms with Gasteiger partial charge in [0, 0.05) is 39.4 Å². The largest absolute Gasteiger partial charge is 0.385 e. The molecular weight excluding hydrogens is 337 g/mol. The number of nitrogens with one attached hydrogen (secondary N) is 2. The molecule has 3 atom stereocenters. The minimum atomic E-state index is 0. The van der Waals surface area contributed by atoms with Crippen molar-refractivity contribution < 1.29 is 9.53 Å². The lowest BCUT2D eigenvalue weighted by Gasteiger charge is -2.24. The van der Waals surface area contributed by atoms with Gasteiger partial charge in [0.1, 0.15) is 0 Å². The maximum Gasteiger partial charge on any atom is 0.237 e. The summed E-state index contributed by atoms with van der Waals surface area (Å²) in [6.45, 7) is 3.44. The average Bonchev–Trinajstić information content (AvgIpc) is 2.91. The van der Waals surface area contributed by atoms with E-state index in [1.165, 1.54) is 25.7 Å². The standard InChI is InChI=1S/C16H31N3O2.2ClH/c1-19(9-5-11-21-2)10-8-17-16(20)15-12-13-6-3-4-7-14(13)18-15;;/h13-15,18H,3-12H2,1-2H3,(H,17,20);2*1H. The first kappa shape index (κ1) is 22.9. The number of likely N-dealkylation sites (N-methyl/N-ethyl adjacent to an activating group) is 1. The van der Waals surface area contributed by atoms with E-state index >= 15 is 0 Å². The van der Waals surface area contributed by atoms with E-state index in [-0.39, 0.29) is 36.8 Å². The van der Waals surface area contributed by atoms with Crippen molar-refractivity contribution in [1.82, 2.24) is 15.5 Å². The van der Waals surface area contributed by atoms with Gasteiger partial charge in [0.05, 0.1) is 6.04 Å². The Morgan fingerprint density at radius 2 is 2.00 bits per heavy atom. The maximum atomic E-state index is 12.2. The van der Waals surface area contributed by atoms with Crippen LogP contribution in [-0.4, -0.2) is 63.3 Å². The van der Waals surface area contributed by atoms with Gasteiger partial charge >= 0.3 is 0 Å². The van der Waals surface area contributed by atoms with Crippen LogP contribution in [0.25, 0.3) is 0 Å². The van der Waals surface area contributed by atoms with Gasteiger partial charge in [-0.15, -0.1) is 24.8 Å². The number of methoxy groups -OCH3 is 1. The topological polar surface area (TPSA) is 53.6 Å². The zero-order chi connectivity index (χ0) is 15.1. The van der Waals surface area contributed by atoms with Crippen LogP contribution in [0.1, 0.15) is 38.5 Å². The summed E-state index contributed by atoms with van der Waals surface area (Å²) in [7, 11) is 3.82. The maximum absolute atomic E-state index is 12.2. The highest BCUT2D eigenvalue weighted by Gasteiger charge is 2.37. The number of halogens is 2. The molecule has 5 nitrogen and oxygen atoms in total. The van der Waals surface area contributed by atoms with Crippen molar-refractivity contribution in [1.29, 1.82) is 0 Å². The molecule has 0 bridgehead atoms.